The van der Waals surface area contributed by atoms with E-state index in [9.17, 15) is 9.18 Å². The molecule has 0 aliphatic heterocycles. The van der Waals surface area contributed by atoms with Crippen LogP contribution in [0.1, 0.15) is 46.5 Å². The Balaban J connectivity index is 1.53. The van der Waals surface area contributed by atoms with E-state index in [1.165, 1.54) is 18.2 Å². The van der Waals surface area contributed by atoms with Crippen molar-refractivity contribution >= 4 is 5.97 Å². The molecule has 0 fully saturated rings. The maximum Gasteiger partial charge on any atom is 0.338 e. The third kappa shape index (κ3) is 5.43. The Hall–Kier alpha value is -3.16. The van der Waals surface area contributed by atoms with Crippen LogP contribution in [-0.4, -0.2) is 38.8 Å². The average molecular weight is 400 g/mol. The van der Waals surface area contributed by atoms with Gasteiger partial charge in [-0.15, -0.1) is 0 Å². The summed E-state index contributed by atoms with van der Waals surface area (Å²) >= 11 is 0. The highest BCUT2D eigenvalue weighted by Gasteiger charge is 2.16. The fraction of sp³-hybridized carbons (Fsp3) is 0.381. The molecule has 1 atom stereocenters. The Morgan fingerprint density at radius 2 is 2.14 bits per heavy atom. The molecular weight excluding hydrogens is 375 g/mol. The smallest absolute Gasteiger partial charge is 0.338 e. The molecule has 7 nitrogen and oxygen atoms in total. The Morgan fingerprint density at radius 3 is 2.83 bits per heavy atom. The van der Waals surface area contributed by atoms with E-state index in [-0.39, 0.29) is 17.4 Å². The van der Waals surface area contributed by atoms with E-state index in [4.69, 9.17) is 9.47 Å². The maximum absolute atomic E-state index is 14.1. The van der Waals surface area contributed by atoms with Gasteiger partial charge >= 0.3 is 5.97 Å². The molecule has 29 heavy (non-hydrogen) atoms. The fourth-order valence-electron chi connectivity index (χ4n) is 3.09. The quantitative estimate of drug-likeness (QED) is 0.422. The van der Waals surface area contributed by atoms with Gasteiger partial charge in [-0.2, -0.15) is 5.10 Å². The molecule has 0 bridgehead atoms. The number of nitrogens with zero attached hydrogens (tertiary/aromatic N) is 2. The zero-order valence-electron chi connectivity index (χ0n) is 16.8. The number of aromatic amines is 2. The van der Waals surface area contributed by atoms with Crippen molar-refractivity contribution in [3.8, 4) is 5.75 Å². The van der Waals surface area contributed by atoms with Gasteiger partial charge in [0.25, 0.3) is 0 Å². The first-order chi connectivity index (χ1) is 13.9. The number of carbonyl (C=O) groups excluding carboxylic acids is 1. The van der Waals surface area contributed by atoms with Gasteiger partial charge in [0, 0.05) is 24.5 Å². The normalized spacial score (nSPS) is 12.0. The maximum atomic E-state index is 14.1. The van der Waals surface area contributed by atoms with Crippen molar-refractivity contribution in [3.63, 3.8) is 0 Å². The summed E-state index contributed by atoms with van der Waals surface area (Å²) in [7, 11) is 0. The van der Waals surface area contributed by atoms with Gasteiger partial charge in [-0.1, -0.05) is 0 Å². The number of imidazole rings is 1. The van der Waals surface area contributed by atoms with Gasteiger partial charge in [0.1, 0.15) is 11.9 Å². The molecule has 0 saturated heterocycles. The van der Waals surface area contributed by atoms with Crippen LogP contribution in [-0.2, 0) is 17.6 Å². The molecule has 0 radical (unpaired) electrons. The number of nitrogens with one attached hydrogen (secondary N) is 2. The van der Waals surface area contributed by atoms with Crippen LogP contribution in [0.4, 0.5) is 4.39 Å². The van der Waals surface area contributed by atoms with Crippen LogP contribution < -0.4 is 4.74 Å². The van der Waals surface area contributed by atoms with Crippen LogP contribution in [0, 0.1) is 19.7 Å². The van der Waals surface area contributed by atoms with Crippen LogP contribution in [0.5, 0.6) is 5.75 Å². The van der Waals surface area contributed by atoms with Gasteiger partial charge in [0.2, 0.25) is 0 Å². The first kappa shape index (κ1) is 20.6. The zero-order valence-corrected chi connectivity index (χ0v) is 16.8. The van der Waals surface area contributed by atoms with E-state index < -0.39 is 11.8 Å². The minimum atomic E-state index is -0.529. The highest BCUT2D eigenvalue weighted by Crippen LogP contribution is 2.21. The summed E-state index contributed by atoms with van der Waals surface area (Å²) in [6.45, 7) is 6.02. The summed E-state index contributed by atoms with van der Waals surface area (Å²) in [4.78, 5) is 19.4. The molecule has 2 N–H and O–H groups in total. The second kappa shape index (κ2) is 9.36. The molecule has 3 rings (SSSR count). The molecule has 0 amide bonds. The molecule has 0 saturated carbocycles. The molecule has 0 spiro atoms. The minimum Gasteiger partial charge on any atom is -0.490 e. The van der Waals surface area contributed by atoms with Crippen molar-refractivity contribution in [3.05, 3.63) is 64.7 Å². The van der Waals surface area contributed by atoms with Crippen molar-refractivity contribution in [1.29, 1.82) is 0 Å². The summed E-state index contributed by atoms with van der Waals surface area (Å²) in [6.07, 6.45) is 4.93. The number of rotatable bonds is 9. The molecule has 2 aromatic heterocycles. The summed E-state index contributed by atoms with van der Waals surface area (Å²) in [6, 6.07) is 3.99. The van der Waals surface area contributed by atoms with Gasteiger partial charge in [0.15, 0.2) is 11.6 Å². The van der Waals surface area contributed by atoms with Gasteiger partial charge in [-0.25, -0.2) is 14.2 Å². The largest absolute Gasteiger partial charge is 0.490 e. The first-order valence-electron chi connectivity index (χ1n) is 9.56. The van der Waals surface area contributed by atoms with Crippen LogP contribution in [0.2, 0.25) is 0 Å². The van der Waals surface area contributed by atoms with Crippen LogP contribution in [0.3, 0.4) is 0 Å². The third-order valence-electron chi connectivity index (χ3n) is 4.62. The lowest BCUT2D eigenvalue weighted by molar-refractivity contribution is 0.0339. The lowest BCUT2D eigenvalue weighted by Crippen LogP contribution is -2.18. The summed E-state index contributed by atoms with van der Waals surface area (Å²) in [5.74, 6) is -0.269. The zero-order chi connectivity index (χ0) is 20.8. The molecule has 154 valence electrons. The van der Waals surface area contributed by atoms with Gasteiger partial charge in [-0.3, -0.25) is 5.10 Å². The predicted molar refractivity (Wildman–Crippen MR) is 105 cm³/mol. The number of halogens is 1. The highest BCUT2D eigenvalue weighted by molar-refractivity contribution is 5.90. The number of aryl methyl sites for hydroxylation is 2. The first-order valence-corrected chi connectivity index (χ1v) is 9.56. The van der Waals surface area contributed by atoms with Crippen molar-refractivity contribution in [2.75, 3.05) is 6.61 Å². The summed E-state index contributed by atoms with van der Waals surface area (Å²) < 4.78 is 25.1. The number of H-pyrrole nitrogens is 2. The number of carbonyl (C=O) groups is 1. The summed E-state index contributed by atoms with van der Waals surface area (Å²) in [5, 5.41) is 7.11. The van der Waals surface area contributed by atoms with Crippen LogP contribution in [0.25, 0.3) is 0 Å². The van der Waals surface area contributed by atoms with Crippen LogP contribution >= 0.6 is 0 Å². The monoisotopic (exact) mass is 400 g/mol. The highest BCUT2D eigenvalue weighted by atomic mass is 19.1. The molecule has 1 unspecified atom stereocenters. The standard InChI is InChI=1S/C21H25FN4O3/c1-13(11-20-23-8-9-24-20)29-21(27)16-6-7-18(22)19(12-16)28-10-4-5-17-14(2)25-26-15(17)3/h6-9,12-13H,4-5,10-11H2,1-3H3,(H,23,24)(H,25,26). The van der Waals surface area contributed by atoms with Gasteiger partial charge < -0.3 is 14.5 Å². The van der Waals surface area contributed by atoms with Crippen LogP contribution in [0.15, 0.2) is 30.6 Å². The number of esters is 1. The number of hydrogen-bond acceptors (Lipinski definition) is 5. The van der Waals surface area contributed by atoms with Gasteiger partial charge in [-0.05, 0) is 57.4 Å². The molecule has 0 aliphatic carbocycles. The molecule has 0 aliphatic rings. The van der Waals surface area contributed by atoms with Crippen molar-refractivity contribution < 1.29 is 18.7 Å². The fourth-order valence-corrected chi connectivity index (χ4v) is 3.09. The average Bonchev–Trinajstić information content (AvgIpc) is 3.30. The topological polar surface area (TPSA) is 92.9 Å². The lowest BCUT2D eigenvalue weighted by atomic mass is 10.1. The van der Waals surface area contributed by atoms with Gasteiger partial charge in [0.05, 0.1) is 17.9 Å². The molecule has 2 heterocycles. The summed E-state index contributed by atoms with van der Waals surface area (Å²) in [5.41, 5.74) is 3.38. The van der Waals surface area contributed by atoms with E-state index in [1.807, 2.05) is 13.8 Å². The predicted octanol–water partition coefficient (Wildman–Crippen LogP) is 3.69. The Labute approximate surface area is 168 Å². The number of hydrogen-bond donors (Lipinski definition) is 2. The number of aromatic nitrogens is 4. The number of ether oxygens (including phenoxy) is 2. The third-order valence-corrected chi connectivity index (χ3v) is 4.62. The van der Waals surface area contributed by atoms with E-state index in [1.54, 1.807) is 19.3 Å². The SMILES string of the molecule is Cc1n[nH]c(C)c1CCCOc1cc(C(=O)OC(C)Cc2ncc[nH]2)ccc1F. The van der Waals surface area contributed by atoms with E-state index in [0.717, 1.165) is 29.2 Å². The van der Waals surface area contributed by atoms with E-state index in [2.05, 4.69) is 20.2 Å². The van der Waals surface area contributed by atoms with Crippen molar-refractivity contribution in [2.45, 2.75) is 46.1 Å². The second-order valence-electron chi connectivity index (χ2n) is 6.97. The Morgan fingerprint density at radius 1 is 1.31 bits per heavy atom. The van der Waals surface area contributed by atoms with E-state index in [0.29, 0.717) is 19.4 Å². The molecule has 1 aromatic carbocycles. The second-order valence-corrected chi connectivity index (χ2v) is 6.97. The number of benzene rings is 1. The van der Waals surface area contributed by atoms with E-state index >= 15 is 0 Å². The Bertz CT molecular complexity index is 933. The van der Waals surface area contributed by atoms with Crippen molar-refractivity contribution in [2.24, 2.45) is 0 Å². The Kier molecular flexibility index (Phi) is 6.64. The lowest BCUT2D eigenvalue weighted by Gasteiger charge is -2.13. The minimum absolute atomic E-state index is 0.0405. The van der Waals surface area contributed by atoms with Crippen molar-refractivity contribution in [1.82, 2.24) is 20.2 Å². The molecule has 3 aromatic rings. The molecular formula is C21H25FN4O3. The molecule has 8 heteroatoms.